The molecule has 1 N–H and O–H groups in total. The minimum atomic E-state index is -5.25. The van der Waals surface area contributed by atoms with Gasteiger partial charge in [0.15, 0.2) is 11.6 Å². The van der Waals surface area contributed by atoms with Crippen LogP contribution < -0.4 is 20.0 Å². The number of pyridine rings is 1. The van der Waals surface area contributed by atoms with Gasteiger partial charge in [0, 0.05) is 63.0 Å². The zero-order chi connectivity index (χ0) is 32.6. The lowest BCUT2D eigenvalue weighted by Gasteiger charge is -2.37. The average Bonchev–Trinajstić information content (AvgIpc) is 3.03. The van der Waals surface area contributed by atoms with Gasteiger partial charge < -0.3 is 24.2 Å². The van der Waals surface area contributed by atoms with Gasteiger partial charge in [0.05, 0.1) is 5.39 Å². The highest BCUT2D eigenvalue weighted by atomic mass is 19.4. The number of carboxylic acid groups (broad SMARTS) is 1. The molecule has 0 unspecified atom stereocenters. The van der Waals surface area contributed by atoms with Crippen LogP contribution in [0.1, 0.15) is 42.1 Å². The number of carbonyl (C=O) groups is 1. The van der Waals surface area contributed by atoms with E-state index in [0.29, 0.717) is 18.5 Å². The van der Waals surface area contributed by atoms with Crippen LogP contribution in [0.4, 0.5) is 29.2 Å². The second kappa shape index (κ2) is 12.6. The summed E-state index contributed by atoms with van der Waals surface area (Å²) in [5.74, 6) is -3.24. The number of hydrogen-bond donors (Lipinski definition) is 1. The number of aromatic nitrogens is 3. The van der Waals surface area contributed by atoms with Crippen molar-refractivity contribution in [1.82, 2.24) is 19.4 Å². The Labute approximate surface area is 261 Å². The van der Waals surface area contributed by atoms with E-state index < -0.39 is 51.5 Å². The summed E-state index contributed by atoms with van der Waals surface area (Å²) in [5, 5.41) is 9.25. The lowest BCUT2D eigenvalue weighted by atomic mass is 10.0. The molecule has 0 spiro atoms. The molecule has 4 heterocycles. The van der Waals surface area contributed by atoms with E-state index in [4.69, 9.17) is 0 Å². The number of alkyl halides is 3. The lowest BCUT2D eigenvalue weighted by Crippen LogP contribution is -2.47. The third kappa shape index (κ3) is 6.34. The molecular formula is C32H32F4N6O4. The monoisotopic (exact) mass is 640 g/mol. The van der Waals surface area contributed by atoms with Crippen molar-refractivity contribution < 1.29 is 32.2 Å². The number of piperidine rings is 1. The first-order valence-electron chi connectivity index (χ1n) is 15.0. The molecule has 0 bridgehead atoms. The van der Waals surface area contributed by atoms with E-state index >= 15 is 4.39 Å². The number of nitrogens with zero attached hydrogens (tertiary/aromatic N) is 6. The van der Waals surface area contributed by atoms with E-state index in [1.807, 2.05) is 4.90 Å². The van der Waals surface area contributed by atoms with Crippen molar-refractivity contribution in [1.29, 1.82) is 0 Å². The van der Waals surface area contributed by atoms with E-state index in [1.165, 1.54) is 11.3 Å². The summed E-state index contributed by atoms with van der Waals surface area (Å²) in [4.78, 5) is 39.3. The first kappa shape index (κ1) is 31.3. The Morgan fingerprint density at radius 1 is 1.02 bits per heavy atom. The van der Waals surface area contributed by atoms with Gasteiger partial charge in [0.1, 0.15) is 16.8 Å². The Balaban J connectivity index is 1.47. The fourth-order valence-electron chi connectivity index (χ4n) is 6.25. The molecule has 10 nitrogen and oxygen atoms in total. The number of hydrogen-bond acceptors (Lipinski definition) is 8. The molecule has 4 aromatic rings. The normalized spacial score (nSPS) is 17.8. The van der Waals surface area contributed by atoms with Gasteiger partial charge in [-0.1, -0.05) is 18.6 Å². The maximum Gasteiger partial charge on any atom is 0.573 e. The summed E-state index contributed by atoms with van der Waals surface area (Å²) in [6, 6.07) is 9.74. The van der Waals surface area contributed by atoms with Crippen LogP contribution in [-0.4, -0.2) is 75.6 Å². The highest BCUT2D eigenvalue weighted by Gasteiger charge is 2.37. The van der Waals surface area contributed by atoms with Gasteiger partial charge in [0.2, 0.25) is 11.4 Å². The molecule has 0 radical (unpaired) electrons. The Hall–Kier alpha value is -4.72. The van der Waals surface area contributed by atoms with Gasteiger partial charge in [0.25, 0.3) is 0 Å². The third-order valence-electron chi connectivity index (χ3n) is 8.59. The molecular weight excluding hydrogens is 608 g/mol. The second-order valence-corrected chi connectivity index (χ2v) is 11.5. The number of rotatable bonds is 7. The van der Waals surface area contributed by atoms with Gasteiger partial charge in [-0.3, -0.25) is 9.69 Å². The maximum atomic E-state index is 15.9. The van der Waals surface area contributed by atoms with Crippen LogP contribution in [0.2, 0.25) is 0 Å². The SMILES string of the molecule is C[C@H]1CCCCN1Cc1ccc(-n2cc(C(=O)O)c(=O)c3cc(F)c(N4CCN(c5ncccn5)CC4)c(OC(F)(F)F)c32)cc1. The van der Waals surface area contributed by atoms with E-state index in [9.17, 15) is 27.9 Å². The van der Waals surface area contributed by atoms with Crippen molar-refractivity contribution in [3.05, 3.63) is 82.2 Å². The standard InChI is InChI=1S/C32H32F4N6O4/c1-20-5-2-3-12-41(20)18-21-6-8-22(9-7-21)42-19-24(30(44)45)28(43)23-17-25(33)27(29(26(23)42)46-32(34,35)36)39-13-15-40(16-14-39)31-37-10-4-11-38-31/h4,6-11,17,19-20H,2-3,5,12-16,18H2,1H3,(H,44,45)/t20-/m0/s1. The summed E-state index contributed by atoms with van der Waals surface area (Å²) in [5.41, 5.74) is -1.49. The van der Waals surface area contributed by atoms with Gasteiger partial charge in [-0.25, -0.2) is 19.2 Å². The Morgan fingerprint density at radius 2 is 1.70 bits per heavy atom. The fourth-order valence-corrected chi connectivity index (χ4v) is 6.25. The topological polar surface area (TPSA) is 104 Å². The smallest absolute Gasteiger partial charge is 0.477 e. The summed E-state index contributed by atoms with van der Waals surface area (Å²) in [7, 11) is 0. The highest BCUT2D eigenvalue weighted by Crippen LogP contribution is 2.42. The van der Waals surface area contributed by atoms with Gasteiger partial charge in [-0.15, -0.1) is 13.2 Å². The summed E-state index contributed by atoms with van der Waals surface area (Å²) in [6.07, 6.45) is 2.21. The third-order valence-corrected chi connectivity index (χ3v) is 8.59. The number of piperazine rings is 1. The van der Waals surface area contributed by atoms with Gasteiger partial charge in [-0.05, 0) is 56.1 Å². The van der Waals surface area contributed by atoms with Crippen LogP contribution >= 0.6 is 0 Å². The predicted molar refractivity (Wildman–Crippen MR) is 163 cm³/mol. The van der Waals surface area contributed by atoms with Crippen LogP contribution in [-0.2, 0) is 6.54 Å². The number of anilines is 2. The molecule has 2 fully saturated rings. The molecule has 2 aliphatic rings. The molecule has 1 atom stereocenters. The second-order valence-electron chi connectivity index (χ2n) is 11.5. The average molecular weight is 641 g/mol. The van der Waals surface area contributed by atoms with E-state index in [2.05, 4.69) is 26.5 Å². The van der Waals surface area contributed by atoms with Gasteiger partial charge >= 0.3 is 12.3 Å². The Bertz CT molecular complexity index is 1790. The van der Waals surface area contributed by atoms with Crippen molar-refractivity contribution in [2.45, 2.75) is 45.1 Å². The molecule has 6 rings (SSSR count). The molecule has 0 amide bonds. The number of ether oxygens (including phenoxy) is 1. The van der Waals surface area contributed by atoms with Crippen LogP contribution in [0.5, 0.6) is 5.75 Å². The summed E-state index contributed by atoms with van der Waals surface area (Å²) >= 11 is 0. The number of fused-ring (bicyclic) bond motifs is 1. The summed E-state index contributed by atoms with van der Waals surface area (Å²) in [6.45, 7) is 4.52. The van der Waals surface area contributed by atoms with Crippen molar-refractivity contribution in [3.8, 4) is 11.4 Å². The number of aromatic carboxylic acids is 1. The quantitative estimate of drug-likeness (QED) is 0.273. The highest BCUT2D eigenvalue weighted by molar-refractivity contribution is 5.98. The molecule has 2 aromatic heterocycles. The number of carboxylic acids is 1. The van der Waals surface area contributed by atoms with E-state index in [-0.39, 0.29) is 31.9 Å². The molecule has 0 saturated carbocycles. The zero-order valence-electron chi connectivity index (χ0n) is 25.0. The Morgan fingerprint density at radius 3 is 2.33 bits per heavy atom. The first-order chi connectivity index (χ1) is 22.0. The minimum Gasteiger partial charge on any atom is -0.477 e. The van der Waals surface area contributed by atoms with E-state index in [1.54, 1.807) is 42.7 Å². The van der Waals surface area contributed by atoms with Crippen molar-refractivity contribution in [2.24, 2.45) is 0 Å². The lowest BCUT2D eigenvalue weighted by molar-refractivity contribution is -0.274. The molecule has 0 aliphatic carbocycles. The zero-order valence-corrected chi connectivity index (χ0v) is 25.0. The summed E-state index contributed by atoms with van der Waals surface area (Å²) < 4.78 is 63.6. The molecule has 2 aliphatic heterocycles. The minimum absolute atomic E-state index is 0.0932. The predicted octanol–water partition coefficient (Wildman–Crippen LogP) is 5.22. The number of benzene rings is 2. The van der Waals surface area contributed by atoms with Crippen LogP contribution in [0, 0.1) is 5.82 Å². The molecule has 242 valence electrons. The first-order valence-corrected chi connectivity index (χ1v) is 15.0. The van der Waals surface area contributed by atoms with Gasteiger partial charge in [-0.2, -0.15) is 0 Å². The fraction of sp³-hybridized carbons (Fsp3) is 0.375. The van der Waals surface area contributed by atoms with E-state index in [0.717, 1.165) is 41.8 Å². The largest absolute Gasteiger partial charge is 0.573 e. The molecule has 2 saturated heterocycles. The van der Waals surface area contributed by atoms with Crippen molar-refractivity contribution in [2.75, 3.05) is 42.5 Å². The van der Waals surface area contributed by atoms with Crippen molar-refractivity contribution >= 4 is 28.5 Å². The molecule has 2 aromatic carbocycles. The molecule has 14 heteroatoms. The molecule has 46 heavy (non-hydrogen) atoms. The van der Waals surface area contributed by atoms with Crippen LogP contribution in [0.15, 0.2) is 59.8 Å². The van der Waals surface area contributed by atoms with Crippen LogP contribution in [0.3, 0.4) is 0 Å². The maximum absolute atomic E-state index is 15.9. The number of likely N-dealkylation sites (tertiary alicyclic amines) is 1. The van der Waals surface area contributed by atoms with Crippen LogP contribution in [0.25, 0.3) is 16.6 Å². The van der Waals surface area contributed by atoms with Crippen molar-refractivity contribution in [3.63, 3.8) is 0 Å². The Kier molecular flexibility index (Phi) is 8.55. The number of halogens is 4.